The molecule has 1 rings (SSSR count). The highest BCUT2D eigenvalue weighted by atomic mass is 14.4. The second-order valence-electron chi connectivity index (χ2n) is 7.51. The maximum Gasteiger partial charge on any atom is 0.0669 e. The second kappa shape index (κ2) is 9.83. The smallest absolute Gasteiger partial charge is 0.0669 e. The lowest BCUT2D eigenvalue weighted by molar-refractivity contribution is 0.242. The van der Waals surface area contributed by atoms with Crippen LogP contribution in [-0.4, -0.2) is 0 Å². The van der Waals surface area contributed by atoms with Gasteiger partial charge in [-0.05, 0) is 37.0 Å². The standard InChI is InChI=1S/C19H32N2/c1-15(2)6-4-7-16(3)8-5-9-17-10-11-18(13-20)19(12-17)14-21/h15-19H,4-12H2,1-3H3. The van der Waals surface area contributed by atoms with E-state index in [0.29, 0.717) is 5.92 Å². The van der Waals surface area contributed by atoms with Gasteiger partial charge in [0.25, 0.3) is 0 Å². The normalized spacial score (nSPS) is 27.0. The fourth-order valence-electron chi connectivity index (χ4n) is 3.59. The number of rotatable bonds is 8. The largest absolute Gasteiger partial charge is 0.198 e. The Bertz CT molecular complexity index is 361. The summed E-state index contributed by atoms with van der Waals surface area (Å²) in [6.07, 6.45) is 11.0. The molecule has 0 saturated heterocycles. The molecule has 0 N–H and O–H groups in total. The molecule has 0 bridgehead atoms. The maximum absolute atomic E-state index is 9.16. The van der Waals surface area contributed by atoms with Gasteiger partial charge in [-0.2, -0.15) is 10.5 Å². The van der Waals surface area contributed by atoms with Gasteiger partial charge in [0, 0.05) is 0 Å². The van der Waals surface area contributed by atoms with Crippen molar-refractivity contribution >= 4 is 0 Å². The van der Waals surface area contributed by atoms with E-state index in [9.17, 15) is 0 Å². The first-order valence-corrected chi connectivity index (χ1v) is 8.86. The first-order chi connectivity index (χ1) is 10.1. The highest BCUT2D eigenvalue weighted by Crippen LogP contribution is 2.36. The van der Waals surface area contributed by atoms with Gasteiger partial charge in [0.2, 0.25) is 0 Å². The van der Waals surface area contributed by atoms with Gasteiger partial charge >= 0.3 is 0 Å². The molecule has 1 aliphatic carbocycles. The summed E-state index contributed by atoms with van der Waals surface area (Å²) >= 11 is 0. The summed E-state index contributed by atoms with van der Waals surface area (Å²) in [5, 5.41) is 18.2. The van der Waals surface area contributed by atoms with E-state index in [-0.39, 0.29) is 11.8 Å². The Balaban J connectivity index is 2.16. The fraction of sp³-hybridized carbons (Fsp3) is 0.895. The van der Waals surface area contributed by atoms with Crippen molar-refractivity contribution in [1.29, 1.82) is 10.5 Å². The molecular weight excluding hydrogens is 256 g/mol. The van der Waals surface area contributed by atoms with Crippen molar-refractivity contribution in [3.8, 4) is 12.1 Å². The summed E-state index contributed by atoms with van der Waals surface area (Å²) in [5.41, 5.74) is 0. The Morgan fingerprint density at radius 1 is 0.905 bits per heavy atom. The Kier molecular flexibility index (Phi) is 8.44. The lowest BCUT2D eigenvalue weighted by Gasteiger charge is -2.29. The van der Waals surface area contributed by atoms with E-state index >= 15 is 0 Å². The van der Waals surface area contributed by atoms with Crippen molar-refractivity contribution in [1.82, 2.24) is 0 Å². The molecule has 0 heterocycles. The van der Waals surface area contributed by atoms with E-state index in [1.54, 1.807) is 0 Å². The van der Waals surface area contributed by atoms with Crippen LogP contribution in [0, 0.1) is 52.3 Å². The van der Waals surface area contributed by atoms with Gasteiger partial charge in [0.05, 0.1) is 24.0 Å². The molecule has 1 fully saturated rings. The van der Waals surface area contributed by atoms with Crippen LogP contribution in [0.2, 0.25) is 0 Å². The molecule has 0 spiro atoms. The molecule has 0 radical (unpaired) electrons. The second-order valence-corrected chi connectivity index (χ2v) is 7.51. The monoisotopic (exact) mass is 288 g/mol. The van der Waals surface area contributed by atoms with Crippen LogP contribution < -0.4 is 0 Å². The zero-order chi connectivity index (χ0) is 15.7. The number of hydrogen-bond acceptors (Lipinski definition) is 2. The van der Waals surface area contributed by atoms with E-state index < -0.39 is 0 Å². The SMILES string of the molecule is CC(C)CCCC(C)CCCC1CCC(C#N)C(C#N)C1. The Hall–Kier alpha value is -1.02. The molecule has 1 saturated carbocycles. The maximum atomic E-state index is 9.16. The molecule has 2 heteroatoms. The van der Waals surface area contributed by atoms with Crippen molar-refractivity contribution in [2.45, 2.75) is 78.6 Å². The molecule has 4 unspecified atom stereocenters. The van der Waals surface area contributed by atoms with Crippen molar-refractivity contribution in [3.63, 3.8) is 0 Å². The minimum absolute atomic E-state index is 0.0128. The predicted molar refractivity (Wildman–Crippen MR) is 87.3 cm³/mol. The highest BCUT2D eigenvalue weighted by molar-refractivity contribution is 5.01. The summed E-state index contributed by atoms with van der Waals surface area (Å²) in [4.78, 5) is 0. The van der Waals surface area contributed by atoms with Crippen molar-refractivity contribution < 1.29 is 0 Å². The first-order valence-electron chi connectivity index (χ1n) is 8.86. The zero-order valence-electron chi connectivity index (χ0n) is 14.1. The summed E-state index contributed by atoms with van der Waals surface area (Å²) in [6, 6.07) is 4.66. The van der Waals surface area contributed by atoms with E-state index in [2.05, 4.69) is 32.9 Å². The summed E-state index contributed by atoms with van der Waals surface area (Å²) < 4.78 is 0. The van der Waals surface area contributed by atoms with Gasteiger partial charge in [-0.25, -0.2) is 0 Å². The molecular formula is C19H32N2. The molecule has 0 aromatic carbocycles. The molecule has 4 atom stereocenters. The van der Waals surface area contributed by atoms with Gasteiger partial charge in [-0.3, -0.25) is 0 Å². The molecule has 1 aliphatic rings. The molecule has 118 valence electrons. The van der Waals surface area contributed by atoms with E-state index in [0.717, 1.165) is 31.1 Å². The fourth-order valence-corrected chi connectivity index (χ4v) is 3.59. The first kappa shape index (κ1) is 18.0. The van der Waals surface area contributed by atoms with Gasteiger partial charge in [0.15, 0.2) is 0 Å². The van der Waals surface area contributed by atoms with Crippen LogP contribution in [0.25, 0.3) is 0 Å². The number of nitriles is 2. The lowest BCUT2D eigenvalue weighted by atomic mass is 9.73. The van der Waals surface area contributed by atoms with Gasteiger partial charge in [-0.1, -0.05) is 59.3 Å². The predicted octanol–water partition coefficient (Wildman–Crippen LogP) is 5.70. The van der Waals surface area contributed by atoms with Crippen LogP contribution in [0.1, 0.15) is 78.6 Å². The summed E-state index contributed by atoms with van der Waals surface area (Å²) in [5.74, 6) is 2.32. The third-order valence-corrected chi connectivity index (χ3v) is 5.08. The summed E-state index contributed by atoms with van der Waals surface area (Å²) in [7, 11) is 0. The van der Waals surface area contributed by atoms with Crippen molar-refractivity contribution in [2.24, 2.45) is 29.6 Å². The zero-order valence-corrected chi connectivity index (χ0v) is 14.1. The quantitative estimate of drug-likeness (QED) is 0.575. The van der Waals surface area contributed by atoms with E-state index in [1.165, 1.54) is 38.5 Å². The molecule has 0 aromatic heterocycles. The Morgan fingerprint density at radius 3 is 2.19 bits per heavy atom. The van der Waals surface area contributed by atoms with Gasteiger partial charge < -0.3 is 0 Å². The van der Waals surface area contributed by atoms with E-state index in [1.807, 2.05) is 0 Å². The Morgan fingerprint density at radius 2 is 1.57 bits per heavy atom. The highest BCUT2D eigenvalue weighted by Gasteiger charge is 2.30. The van der Waals surface area contributed by atoms with Crippen molar-refractivity contribution in [2.75, 3.05) is 0 Å². The minimum Gasteiger partial charge on any atom is -0.198 e. The van der Waals surface area contributed by atoms with Crippen molar-refractivity contribution in [3.05, 3.63) is 0 Å². The summed E-state index contributed by atoms with van der Waals surface area (Å²) in [6.45, 7) is 6.98. The minimum atomic E-state index is -0.0165. The number of hydrogen-bond donors (Lipinski definition) is 0. The van der Waals surface area contributed by atoms with Crippen LogP contribution >= 0.6 is 0 Å². The molecule has 2 nitrogen and oxygen atoms in total. The third-order valence-electron chi connectivity index (χ3n) is 5.08. The topological polar surface area (TPSA) is 47.6 Å². The van der Waals surface area contributed by atoms with Gasteiger partial charge in [0.1, 0.15) is 0 Å². The molecule has 0 aromatic rings. The van der Waals surface area contributed by atoms with Crippen LogP contribution in [0.4, 0.5) is 0 Å². The molecule has 0 amide bonds. The van der Waals surface area contributed by atoms with Gasteiger partial charge in [-0.15, -0.1) is 0 Å². The number of nitrogens with zero attached hydrogens (tertiary/aromatic N) is 2. The molecule has 21 heavy (non-hydrogen) atoms. The Labute approximate surface area is 131 Å². The van der Waals surface area contributed by atoms with Crippen LogP contribution in [0.3, 0.4) is 0 Å². The average Bonchev–Trinajstić information content (AvgIpc) is 2.46. The lowest BCUT2D eigenvalue weighted by Crippen LogP contribution is -2.23. The van der Waals surface area contributed by atoms with Crippen LogP contribution in [-0.2, 0) is 0 Å². The average molecular weight is 288 g/mol. The molecule has 0 aliphatic heterocycles. The third kappa shape index (κ3) is 6.99. The van der Waals surface area contributed by atoms with Crippen LogP contribution in [0.15, 0.2) is 0 Å². The van der Waals surface area contributed by atoms with E-state index in [4.69, 9.17) is 10.5 Å². The van der Waals surface area contributed by atoms with Crippen LogP contribution in [0.5, 0.6) is 0 Å².